The van der Waals surface area contributed by atoms with Gasteiger partial charge in [-0.2, -0.15) is 0 Å². The molecule has 1 aliphatic heterocycles. The van der Waals surface area contributed by atoms with Gasteiger partial charge >= 0.3 is 0 Å². The SMILES string of the molecule is Cc1ccc(C(C)NC(=O)C2NCCc3ccccc32)o1. The average molecular weight is 284 g/mol. The summed E-state index contributed by atoms with van der Waals surface area (Å²) in [7, 11) is 0. The second kappa shape index (κ2) is 5.74. The second-order valence-electron chi connectivity index (χ2n) is 5.51. The summed E-state index contributed by atoms with van der Waals surface area (Å²) in [4.78, 5) is 12.5. The summed E-state index contributed by atoms with van der Waals surface area (Å²) in [6, 6.07) is 11.5. The van der Waals surface area contributed by atoms with Crippen molar-refractivity contribution in [2.24, 2.45) is 0 Å². The van der Waals surface area contributed by atoms with Crippen LogP contribution in [0.25, 0.3) is 0 Å². The van der Waals surface area contributed by atoms with Gasteiger partial charge in [-0.15, -0.1) is 0 Å². The summed E-state index contributed by atoms with van der Waals surface area (Å²) < 4.78 is 5.57. The van der Waals surface area contributed by atoms with Gasteiger partial charge in [0.25, 0.3) is 0 Å². The minimum absolute atomic E-state index is 0.0105. The highest BCUT2D eigenvalue weighted by Gasteiger charge is 2.27. The van der Waals surface area contributed by atoms with E-state index in [1.807, 2.05) is 44.2 Å². The molecule has 4 heteroatoms. The van der Waals surface area contributed by atoms with Crippen LogP contribution in [-0.4, -0.2) is 12.5 Å². The van der Waals surface area contributed by atoms with Crippen molar-refractivity contribution in [2.75, 3.05) is 6.54 Å². The van der Waals surface area contributed by atoms with E-state index in [1.165, 1.54) is 5.56 Å². The Hall–Kier alpha value is -2.07. The van der Waals surface area contributed by atoms with Crippen molar-refractivity contribution in [2.45, 2.75) is 32.4 Å². The molecule has 2 unspecified atom stereocenters. The zero-order chi connectivity index (χ0) is 14.8. The lowest BCUT2D eigenvalue weighted by molar-refractivity contribution is -0.124. The standard InChI is InChI=1S/C17H20N2O2/c1-11-7-8-15(21-11)12(2)19-17(20)16-14-6-4-3-5-13(14)9-10-18-16/h3-8,12,16,18H,9-10H2,1-2H3,(H,19,20). The van der Waals surface area contributed by atoms with E-state index in [9.17, 15) is 4.79 Å². The van der Waals surface area contributed by atoms with Crippen molar-refractivity contribution in [3.8, 4) is 0 Å². The molecule has 4 nitrogen and oxygen atoms in total. The molecule has 1 amide bonds. The molecule has 0 fully saturated rings. The first-order valence-electron chi connectivity index (χ1n) is 7.33. The van der Waals surface area contributed by atoms with Gasteiger partial charge < -0.3 is 15.1 Å². The van der Waals surface area contributed by atoms with Crippen molar-refractivity contribution in [1.82, 2.24) is 10.6 Å². The highest BCUT2D eigenvalue weighted by molar-refractivity contribution is 5.84. The Morgan fingerprint density at radius 1 is 1.33 bits per heavy atom. The molecule has 0 bridgehead atoms. The molecule has 0 saturated carbocycles. The van der Waals surface area contributed by atoms with Gasteiger partial charge in [-0.1, -0.05) is 24.3 Å². The number of amides is 1. The monoisotopic (exact) mass is 284 g/mol. The van der Waals surface area contributed by atoms with Gasteiger partial charge in [-0.05, 0) is 43.5 Å². The number of carbonyl (C=O) groups is 1. The van der Waals surface area contributed by atoms with Crippen LogP contribution in [0.4, 0.5) is 0 Å². The molecule has 2 N–H and O–H groups in total. The van der Waals surface area contributed by atoms with Crippen LogP contribution in [0.15, 0.2) is 40.8 Å². The van der Waals surface area contributed by atoms with Crippen LogP contribution >= 0.6 is 0 Å². The predicted octanol–water partition coefficient (Wildman–Crippen LogP) is 2.65. The molecule has 2 heterocycles. The van der Waals surface area contributed by atoms with Crippen LogP contribution in [0.1, 0.15) is 41.7 Å². The van der Waals surface area contributed by atoms with Crippen LogP contribution in [0.5, 0.6) is 0 Å². The topological polar surface area (TPSA) is 54.3 Å². The lowest BCUT2D eigenvalue weighted by Gasteiger charge is -2.27. The highest BCUT2D eigenvalue weighted by atomic mass is 16.3. The smallest absolute Gasteiger partial charge is 0.242 e. The van der Waals surface area contributed by atoms with Crippen molar-refractivity contribution in [1.29, 1.82) is 0 Å². The molecule has 2 aromatic rings. The third-order valence-corrected chi connectivity index (χ3v) is 3.92. The number of furan rings is 1. The molecular formula is C17H20N2O2. The summed E-state index contributed by atoms with van der Waals surface area (Å²) in [6.45, 7) is 4.66. The molecule has 2 atom stereocenters. The van der Waals surface area contributed by atoms with Crippen LogP contribution < -0.4 is 10.6 Å². The number of nitrogens with one attached hydrogen (secondary N) is 2. The van der Waals surface area contributed by atoms with Crippen LogP contribution in [0.3, 0.4) is 0 Å². The first kappa shape index (κ1) is 13.9. The van der Waals surface area contributed by atoms with E-state index >= 15 is 0 Å². The number of rotatable bonds is 3. The number of hydrogen-bond donors (Lipinski definition) is 2. The van der Waals surface area contributed by atoms with E-state index in [0.29, 0.717) is 0 Å². The Morgan fingerprint density at radius 3 is 2.90 bits per heavy atom. The minimum atomic E-state index is -0.284. The van der Waals surface area contributed by atoms with E-state index in [2.05, 4.69) is 16.7 Å². The first-order chi connectivity index (χ1) is 10.1. The Kier molecular flexibility index (Phi) is 3.80. The van der Waals surface area contributed by atoms with Gasteiger partial charge in [0.1, 0.15) is 17.6 Å². The second-order valence-corrected chi connectivity index (χ2v) is 5.51. The fourth-order valence-corrected chi connectivity index (χ4v) is 2.79. The molecule has 1 aromatic heterocycles. The van der Waals surface area contributed by atoms with E-state index in [-0.39, 0.29) is 18.0 Å². The Balaban J connectivity index is 1.74. The summed E-state index contributed by atoms with van der Waals surface area (Å²) in [5, 5.41) is 6.32. The van der Waals surface area contributed by atoms with Gasteiger partial charge in [0.05, 0.1) is 6.04 Å². The third kappa shape index (κ3) is 2.85. The van der Waals surface area contributed by atoms with Crippen LogP contribution in [-0.2, 0) is 11.2 Å². The van der Waals surface area contributed by atoms with Crippen molar-refractivity contribution < 1.29 is 9.21 Å². The fourth-order valence-electron chi connectivity index (χ4n) is 2.79. The highest BCUT2D eigenvalue weighted by Crippen LogP contribution is 2.24. The van der Waals surface area contributed by atoms with E-state index in [0.717, 1.165) is 30.0 Å². The van der Waals surface area contributed by atoms with Gasteiger partial charge in [0.15, 0.2) is 0 Å². The zero-order valence-corrected chi connectivity index (χ0v) is 12.3. The molecule has 0 aliphatic carbocycles. The largest absolute Gasteiger partial charge is 0.464 e. The Morgan fingerprint density at radius 2 is 2.14 bits per heavy atom. The average Bonchev–Trinajstić information content (AvgIpc) is 2.93. The summed E-state index contributed by atoms with van der Waals surface area (Å²) in [6.07, 6.45) is 0.965. The molecule has 0 spiro atoms. The molecule has 0 radical (unpaired) electrons. The molecule has 3 rings (SSSR count). The summed E-state index contributed by atoms with van der Waals surface area (Å²) in [5.74, 6) is 1.63. The lowest BCUT2D eigenvalue weighted by atomic mass is 9.94. The van der Waals surface area contributed by atoms with Gasteiger partial charge in [0, 0.05) is 6.54 Å². The maximum absolute atomic E-state index is 12.5. The number of hydrogen-bond acceptors (Lipinski definition) is 3. The van der Waals surface area contributed by atoms with Gasteiger partial charge in [-0.25, -0.2) is 0 Å². The minimum Gasteiger partial charge on any atom is -0.464 e. The summed E-state index contributed by atoms with van der Waals surface area (Å²) >= 11 is 0. The van der Waals surface area contributed by atoms with Crippen LogP contribution in [0.2, 0.25) is 0 Å². The maximum Gasteiger partial charge on any atom is 0.242 e. The summed E-state index contributed by atoms with van der Waals surface area (Å²) in [5.41, 5.74) is 2.32. The normalized spacial score (nSPS) is 18.9. The fraction of sp³-hybridized carbons (Fsp3) is 0.353. The Labute approximate surface area is 124 Å². The molecule has 21 heavy (non-hydrogen) atoms. The number of aryl methyl sites for hydroxylation is 1. The first-order valence-corrected chi connectivity index (χ1v) is 7.33. The number of fused-ring (bicyclic) bond motifs is 1. The molecule has 0 saturated heterocycles. The van der Waals surface area contributed by atoms with E-state index < -0.39 is 0 Å². The Bertz CT molecular complexity index is 648. The maximum atomic E-state index is 12.5. The van der Waals surface area contributed by atoms with E-state index in [1.54, 1.807) is 0 Å². The van der Waals surface area contributed by atoms with Gasteiger partial charge in [0.2, 0.25) is 5.91 Å². The molecule has 1 aromatic carbocycles. The number of carbonyl (C=O) groups excluding carboxylic acids is 1. The lowest BCUT2D eigenvalue weighted by Crippen LogP contribution is -2.42. The molecule has 1 aliphatic rings. The molecular weight excluding hydrogens is 264 g/mol. The van der Waals surface area contributed by atoms with Crippen molar-refractivity contribution >= 4 is 5.91 Å². The van der Waals surface area contributed by atoms with Gasteiger partial charge in [-0.3, -0.25) is 4.79 Å². The van der Waals surface area contributed by atoms with Crippen molar-refractivity contribution in [3.63, 3.8) is 0 Å². The molecule has 110 valence electrons. The van der Waals surface area contributed by atoms with Crippen LogP contribution in [0, 0.1) is 6.92 Å². The zero-order valence-electron chi connectivity index (χ0n) is 12.3. The number of benzene rings is 1. The quantitative estimate of drug-likeness (QED) is 0.911. The third-order valence-electron chi connectivity index (χ3n) is 3.92. The van der Waals surface area contributed by atoms with E-state index in [4.69, 9.17) is 4.42 Å². The van der Waals surface area contributed by atoms with Crippen molar-refractivity contribution in [3.05, 3.63) is 59.0 Å². The predicted molar refractivity (Wildman–Crippen MR) is 80.9 cm³/mol.